The van der Waals surface area contributed by atoms with Crippen molar-refractivity contribution in [2.75, 3.05) is 26.3 Å². The van der Waals surface area contributed by atoms with Gasteiger partial charge in [0.1, 0.15) is 5.41 Å². The molecule has 1 spiro atoms. The van der Waals surface area contributed by atoms with Gasteiger partial charge in [0.05, 0.1) is 18.1 Å². The summed E-state index contributed by atoms with van der Waals surface area (Å²) in [5.74, 6) is -1.85. The second-order valence-electron chi connectivity index (χ2n) is 6.29. The quantitative estimate of drug-likeness (QED) is 0.780. The molecule has 2 heterocycles. The van der Waals surface area contributed by atoms with Gasteiger partial charge in [-0.1, -0.05) is 24.3 Å². The number of nitrogens with two attached hydrogens (primary N) is 1. The molecular weight excluding hydrogens is 344 g/mol. The number of amides is 1. The minimum absolute atomic E-state index is 0.106. The van der Waals surface area contributed by atoms with Crippen molar-refractivity contribution >= 4 is 15.9 Å². The molecule has 0 aliphatic carbocycles. The van der Waals surface area contributed by atoms with Gasteiger partial charge >= 0.3 is 0 Å². The Morgan fingerprint density at radius 2 is 1.92 bits per heavy atom. The molecule has 8 heteroatoms. The molecule has 1 aromatic rings. The number of carbonyl (C=O) groups excluding carboxylic acids is 1. The van der Waals surface area contributed by atoms with Gasteiger partial charge in [0.15, 0.2) is 5.79 Å². The predicted octanol–water partition coefficient (Wildman–Crippen LogP) is 0.872. The smallest absolute Gasteiger partial charge is 0.243 e. The summed E-state index contributed by atoms with van der Waals surface area (Å²) in [6.07, 6.45) is 1.95. The van der Waals surface area contributed by atoms with Gasteiger partial charge in [-0.25, -0.2) is 8.42 Å². The standard InChI is InChI=1S/C17H22N2O5S/c1-2-8-16(15(18)20)13-19(10-9-17(16)23-11-12-24-17)25(21,22)14-6-4-3-5-7-14/h2-7H,1,8-13H2,(H2,18,20). The average molecular weight is 366 g/mol. The van der Waals surface area contributed by atoms with Crippen molar-refractivity contribution in [2.45, 2.75) is 23.5 Å². The molecule has 2 saturated heterocycles. The second-order valence-corrected chi connectivity index (χ2v) is 8.23. The highest BCUT2D eigenvalue weighted by Crippen LogP contribution is 2.48. The fourth-order valence-corrected chi connectivity index (χ4v) is 5.19. The van der Waals surface area contributed by atoms with Crippen LogP contribution in [0, 0.1) is 5.41 Å². The van der Waals surface area contributed by atoms with Crippen LogP contribution in [0.15, 0.2) is 47.9 Å². The fraction of sp³-hybridized carbons (Fsp3) is 0.471. The number of allylic oxidation sites excluding steroid dienone is 1. The van der Waals surface area contributed by atoms with Crippen LogP contribution in [-0.4, -0.2) is 50.7 Å². The van der Waals surface area contributed by atoms with Gasteiger partial charge in [-0.3, -0.25) is 4.79 Å². The average Bonchev–Trinajstić information content (AvgIpc) is 3.07. The number of nitrogens with zero attached hydrogens (tertiary/aromatic N) is 1. The van der Waals surface area contributed by atoms with E-state index in [0.29, 0.717) is 13.2 Å². The van der Waals surface area contributed by atoms with Crippen LogP contribution in [-0.2, 0) is 24.3 Å². The molecule has 2 aliphatic heterocycles. The molecule has 2 fully saturated rings. The molecule has 25 heavy (non-hydrogen) atoms. The zero-order valence-electron chi connectivity index (χ0n) is 13.9. The third kappa shape index (κ3) is 2.79. The minimum Gasteiger partial charge on any atom is -0.369 e. The number of hydrogen-bond donors (Lipinski definition) is 1. The van der Waals surface area contributed by atoms with E-state index in [1.54, 1.807) is 24.3 Å². The summed E-state index contributed by atoms with van der Waals surface area (Å²) in [4.78, 5) is 12.6. The molecule has 2 N–H and O–H groups in total. The number of rotatable bonds is 5. The van der Waals surface area contributed by atoms with Crippen LogP contribution in [0.5, 0.6) is 0 Å². The van der Waals surface area contributed by atoms with Crippen molar-refractivity contribution < 1.29 is 22.7 Å². The SMILES string of the molecule is C=CCC1(C(N)=O)CN(S(=O)(=O)c2ccccc2)CCC12OCCO2. The molecule has 1 unspecified atom stereocenters. The summed E-state index contributed by atoms with van der Waals surface area (Å²) in [5, 5.41) is 0. The maximum Gasteiger partial charge on any atom is 0.243 e. The van der Waals surface area contributed by atoms with Crippen LogP contribution in [0.3, 0.4) is 0 Å². The highest BCUT2D eigenvalue weighted by molar-refractivity contribution is 7.89. The molecule has 136 valence electrons. The van der Waals surface area contributed by atoms with E-state index in [1.807, 2.05) is 0 Å². The second kappa shape index (κ2) is 6.53. The largest absolute Gasteiger partial charge is 0.369 e. The first-order valence-electron chi connectivity index (χ1n) is 8.12. The Labute approximate surface area is 147 Å². The molecule has 1 aromatic carbocycles. The van der Waals surface area contributed by atoms with Gasteiger partial charge < -0.3 is 15.2 Å². The molecule has 1 amide bonds. The Bertz CT molecular complexity index is 759. The van der Waals surface area contributed by atoms with Gasteiger partial charge in [0.25, 0.3) is 0 Å². The summed E-state index contributed by atoms with van der Waals surface area (Å²) in [6, 6.07) is 8.12. The lowest BCUT2D eigenvalue weighted by Gasteiger charge is -2.50. The normalized spacial score (nSPS) is 26.6. The number of ether oxygens (including phenoxy) is 2. The van der Waals surface area contributed by atoms with Crippen molar-refractivity contribution in [2.24, 2.45) is 11.1 Å². The third-order valence-corrected chi connectivity index (χ3v) is 6.82. The molecule has 0 aromatic heterocycles. The lowest BCUT2D eigenvalue weighted by molar-refractivity contribution is -0.250. The van der Waals surface area contributed by atoms with Crippen molar-refractivity contribution in [1.29, 1.82) is 0 Å². The fourth-order valence-electron chi connectivity index (χ4n) is 3.67. The van der Waals surface area contributed by atoms with Gasteiger partial charge in [0.2, 0.25) is 15.9 Å². The van der Waals surface area contributed by atoms with E-state index in [1.165, 1.54) is 16.4 Å². The molecule has 1 atom stereocenters. The summed E-state index contributed by atoms with van der Waals surface area (Å²) in [5.41, 5.74) is 4.40. The topological polar surface area (TPSA) is 98.9 Å². The first-order valence-corrected chi connectivity index (χ1v) is 9.56. The highest BCUT2D eigenvalue weighted by atomic mass is 32.2. The first kappa shape index (κ1) is 18.1. The van der Waals surface area contributed by atoms with Crippen LogP contribution in [0.1, 0.15) is 12.8 Å². The van der Waals surface area contributed by atoms with Crippen LogP contribution < -0.4 is 5.73 Å². The lowest BCUT2D eigenvalue weighted by Crippen LogP contribution is -2.66. The predicted molar refractivity (Wildman–Crippen MR) is 90.9 cm³/mol. The van der Waals surface area contributed by atoms with Gasteiger partial charge in [-0.15, -0.1) is 6.58 Å². The number of hydrogen-bond acceptors (Lipinski definition) is 5. The molecular formula is C17H22N2O5S. The lowest BCUT2D eigenvalue weighted by atomic mass is 9.71. The molecule has 0 saturated carbocycles. The number of sulfonamides is 1. The zero-order valence-corrected chi connectivity index (χ0v) is 14.7. The Hall–Kier alpha value is -1.74. The zero-order chi connectivity index (χ0) is 18.1. The monoisotopic (exact) mass is 366 g/mol. The van der Waals surface area contributed by atoms with Crippen LogP contribution in [0.4, 0.5) is 0 Å². The summed E-state index contributed by atoms with van der Waals surface area (Å²) < 4.78 is 38.8. The van der Waals surface area contributed by atoms with E-state index in [4.69, 9.17) is 15.2 Å². The minimum atomic E-state index is -3.75. The molecule has 0 radical (unpaired) electrons. The maximum absolute atomic E-state index is 13.0. The van der Waals surface area contributed by atoms with Crippen molar-refractivity contribution in [3.63, 3.8) is 0 Å². The van der Waals surface area contributed by atoms with Crippen LogP contribution >= 0.6 is 0 Å². The molecule has 0 bridgehead atoms. The summed E-state index contributed by atoms with van der Waals surface area (Å²) in [7, 11) is -3.75. The summed E-state index contributed by atoms with van der Waals surface area (Å²) in [6.45, 7) is 4.46. The number of primary amides is 1. The third-order valence-electron chi connectivity index (χ3n) is 4.96. The van der Waals surface area contributed by atoms with Crippen LogP contribution in [0.25, 0.3) is 0 Å². The van der Waals surface area contributed by atoms with Gasteiger partial charge in [-0.05, 0) is 18.6 Å². The first-order chi connectivity index (χ1) is 11.9. The van der Waals surface area contributed by atoms with E-state index < -0.39 is 27.1 Å². The molecule has 2 aliphatic rings. The summed E-state index contributed by atoms with van der Waals surface area (Å²) >= 11 is 0. The van der Waals surface area contributed by atoms with E-state index in [2.05, 4.69) is 6.58 Å². The Kier molecular flexibility index (Phi) is 4.72. The van der Waals surface area contributed by atoms with Crippen molar-refractivity contribution in [3.05, 3.63) is 43.0 Å². The number of piperidine rings is 1. The van der Waals surface area contributed by atoms with Crippen molar-refractivity contribution in [3.8, 4) is 0 Å². The Balaban J connectivity index is 2.02. The van der Waals surface area contributed by atoms with E-state index in [0.717, 1.165) is 0 Å². The number of carbonyl (C=O) groups is 1. The van der Waals surface area contributed by atoms with Crippen LogP contribution in [0.2, 0.25) is 0 Å². The van der Waals surface area contributed by atoms with Crippen molar-refractivity contribution in [1.82, 2.24) is 4.31 Å². The molecule has 3 rings (SSSR count). The Morgan fingerprint density at radius 1 is 1.28 bits per heavy atom. The maximum atomic E-state index is 13.0. The van der Waals surface area contributed by atoms with E-state index in [9.17, 15) is 13.2 Å². The highest BCUT2D eigenvalue weighted by Gasteiger charge is 2.63. The van der Waals surface area contributed by atoms with E-state index >= 15 is 0 Å². The van der Waals surface area contributed by atoms with E-state index in [-0.39, 0.29) is 30.8 Å². The number of benzene rings is 1. The molecule has 7 nitrogen and oxygen atoms in total. The van der Waals surface area contributed by atoms with Gasteiger partial charge in [-0.2, -0.15) is 4.31 Å². The van der Waals surface area contributed by atoms with Gasteiger partial charge in [0, 0.05) is 19.5 Å². The Morgan fingerprint density at radius 3 is 2.48 bits per heavy atom.